The minimum Gasteiger partial charge on any atom is -0.391 e. The summed E-state index contributed by atoms with van der Waals surface area (Å²) >= 11 is 0. The zero-order chi connectivity index (χ0) is 16.5. The fourth-order valence-electron chi connectivity index (χ4n) is 1.76. The van der Waals surface area contributed by atoms with Gasteiger partial charge in [-0.2, -0.15) is 0 Å². The highest BCUT2D eigenvalue weighted by Crippen LogP contribution is 2.03. The molecule has 0 spiro atoms. The van der Waals surface area contributed by atoms with Crippen LogP contribution in [0.25, 0.3) is 0 Å². The number of aliphatic hydroxyl groups is 1. The summed E-state index contributed by atoms with van der Waals surface area (Å²) in [6.45, 7) is 6.97. The van der Waals surface area contributed by atoms with E-state index in [2.05, 4.69) is 0 Å². The molecule has 0 aliphatic carbocycles. The van der Waals surface area contributed by atoms with E-state index in [1.165, 1.54) is 12.2 Å². The summed E-state index contributed by atoms with van der Waals surface area (Å²) in [4.78, 5) is 23.7. The SMILES string of the molecule is CC(O)COC(C)COC(C)COCCN1C(=O)C=CC1=O. The van der Waals surface area contributed by atoms with E-state index in [9.17, 15) is 9.59 Å². The minimum absolute atomic E-state index is 0.108. The first-order chi connectivity index (χ1) is 10.4. The van der Waals surface area contributed by atoms with Crippen molar-refractivity contribution in [2.75, 3.05) is 33.0 Å². The molecule has 0 fully saturated rings. The molecule has 7 heteroatoms. The Morgan fingerprint density at radius 2 is 1.55 bits per heavy atom. The molecule has 1 N–H and O–H groups in total. The van der Waals surface area contributed by atoms with Crippen molar-refractivity contribution in [3.05, 3.63) is 12.2 Å². The molecule has 22 heavy (non-hydrogen) atoms. The molecule has 3 atom stereocenters. The summed E-state index contributed by atoms with van der Waals surface area (Å²) in [6, 6.07) is 0. The van der Waals surface area contributed by atoms with Crippen LogP contribution in [0.15, 0.2) is 12.2 Å². The van der Waals surface area contributed by atoms with Crippen LogP contribution in [-0.4, -0.2) is 73.1 Å². The molecule has 1 rings (SSSR count). The third-order valence-electron chi connectivity index (χ3n) is 2.95. The van der Waals surface area contributed by atoms with Gasteiger partial charge in [-0.3, -0.25) is 14.5 Å². The molecule has 1 aliphatic rings. The van der Waals surface area contributed by atoms with Crippen LogP contribution in [0.5, 0.6) is 0 Å². The third kappa shape index (κ3) is 7.13. The number of rotatable bonds is 11. The molecule has 0 saturated heterocycles. The molecule has 2 amide bonds. The second-order valence-corrected chi connectivity index (χ2v) is 5.37. The lowest BCUT2D eigenvalue weighted by Gasteiger charge is -2.19. The Bertz CT molecular complexity index is 377. The summed E-state index contributed by atoms with van der Waals surface area (Å²) in [7, 11) is 0. The van der Waals surface area contributed by atoms with Crippen LogP contribution in [0.1, 0.15) is 20.8 Å². The van der Waals surface area contributed by atoms with Crippen molar-refractivity contribution in [1.82, 2.24) is 4.90 Å². The van der Waals surface area contributed by atoms with Gasteiger partial charge < -0.3 is 19.3 Å². The van der Waals surface area contributed by atoms with Gasteiger partial charge in [0.05, 0.1) is 51.3 Å². The Balaban J connectivity index is 2.05. The Labute approximate surface area is 130 Å². The van der Waals surface area contributed by atoms with E-state index in [1.54, 1.807) is 6.92 Å². The van der Waals surface area contributed by atoms with Crippen molar-refractivity contribution in [3.63, 3.8) is 0 Å². The highest BCUT2D eigenvalue weighted by Gasteiger charge is 2.22. The Morgan fingerprint density at radius 3 is 2.14 bits per heavy atom. The Morgan fingerprint density at radius 1 is 1.00 bits per heavy atom. The number of hydrogen-bond acceptors (Lipinski definition) is 6. The van der Waals surface area contributed by atoms with E-state index < -0.39 is 6.10 Å². The molecule has 1 heterocycles. The topological polar surface area (TPSA) is 85.3 Å². The molecule has 0 bridgehead atoms. The third-order valence-corrected chi connectivity index (χ3v) is 2.95. The van der Waals surface area contributed by atoms with Crippen molar-refractivity contribution in [2.45, 2.75) is 39.1 Å². The number of aliphatic hydroxyl groups excluding tert-OH is 1. The fourth-order valence-corrected chi connectivity index (χ4v) is 1.76. The first kappa shape index (κ1) is 18.8. The quantitative estimate of drug-likeness (QED) is 0.430. The van der Waals surface area contributed by atoms with E-state index in [0.717, 1.165) is 4.90 Å². The molecule has 7 nitrogen and oxygen atoms in total. The van der Waals surface area contributed by atoms with Crippen LogP contribution in [0, 0.1) is 0 Å². The monoisotopic (exact) mass is 315 g/mol. The normalized spacial score (nSPS) is 18.8. The van der Waals surface area contributed by atoms with E-state index in [1.807, 2.05) is 13.8 Å². The zero-order valence-electron chi connectivity index (χ0n) is 13.4. The molecule has 0 aromatic rings. The standard InChI is InChI=1S/C15H25NO6/c1-11(17)8-21-13(3)10-22-12(2)9-20-7-6-16-14(18)4-5-15(16)19/h4-5,11-13,17H,6-10H2,1-3H3. The number of imide groups is 1. The predicted octanol–water partition coefficient (Wildman–Crippen LogP) is 0.119. The molecular weight excluding hydrogens is 290 g/mol. The molecule has 3 unspecified atom stereocenters. The molecule has 0 aromatic heterocycles. The van der Waals surface area contributed by atoms with E-state index in [0.29, 0.717) is 13.2 Å². The number of nitrogens with zero attached hydrogens (tertiary/aromatic N) is 1. The van der Waals surface area contributed by atoms with Gasteiger partial charge in [-0.25, -0.2) is 0 Å². The van der Waals surface area contributed by atoms with E-state index in [4.69, 9.17) is 19.3 Å². The fraction of sp³-hybridized carbons (Fsp3) is 0.733. The van der Waals surface area contributed by atoms with Crippen molar-refractivity contribution in [2.24, 2.45) is 0 Å². The maximum absolute atomic E-state index is 11.3. The van der Waals surface area contributed by atoms with Crippen molar-refractivity contribution < 1.29 is 28.9 Å². The maximum atomic E-state index is 11.3. The van der Waals surface area contributed by atoms with Gasteiger partial charge in [-0.1, -0.05) is 0 Å². The van der Waals surface area contributed by atoms with E-state index in [-0.39, 0.29) is 43.8 Å². The molecule has 0 radical (unpaired) electrons. The van der Waals surface area contributed by atoms with Gasteiger partial charge in [-0.15, -0.1) is 0 Å². The van der Waals surface area contributed by atoms with Gasteiger partial charge in [0.1, 0.15) is 0 Å². The number of ether oxygens (including phenoxy) is 3. The number of hydrogen-bond donors (Lipinski definition) is 1. The lowest BCUT2D eigenvalue weighted by atomic mass is 10.4. The second kappa shape index (κ2) is 9.68. The van der Waals surface area contributed by atoms with Gasteiger partial charge in [0.15, 0.2) is 0 Å². The second-order valence-electron chi connectivity index (χ2n) is 5.37. The van der Waals surface area contributed by atoms with Crippen molar-refractivity contribution in [1.29, 1.82) is 0 Å². The van der Waals surface area contributed by atoms with Crippen molar-refractivity contribution in [3.8, 4) is 0 Å². The zero-order valence-corrected chi connectivity index (χ0v) is 13.4. The largest absolute Gasteiger partial charge is 0.391 e. The first-order valence-electron chi connectivity index (χ1n) is 7.42. The summed E-state index contributed by atoms with van der Waals surface area (Å²) in [5, 5.41) is 9.11. The van der Waals surface area contributed by atoms with Gasteiger partial charge in [0, 0.05) is 12.2 Å². The maximum Gasteiger partial charge on any atom is 0.253 e. The number of amides is 2. The minimum atomic E-state index is -0.492. The lowest BCUT2D eigenvalue weighted by Crippen LogP contribution is -2.34. The molecule has 1 aliphatic heterocycles. The summed E-state index contributed by atoms with van der Waals surface area (Å²) in [5.41, 5.74) is 0. The highest BCUT2D eigenvalue weighted by atomic mass is 16.6. The first-order valence-corrected chi connectivity index (χ1v) is 7.42. The molecule has 0 aromatic carbocycles. The Kier molecular flexibility index (Phi) is 8.26. The number of carbonyl (C=O) groups excluding carboxylic acids is 2. The van der Waals surface area contributed by atoms with Crippen LogP contribution >= 0.6 is 0 Å². The Hall–Kier alpha value is -1.28. The number of carbonyl (C=O) groups is 2. The average molecular weight is 315 g/mol. The van der Waals surface area contributed by atoms with Gasteiger partial charge >= 0.3 is 0 Å². The van der Waals surface area contributed by atoms with E-state index >= 15 is 0 Å². The summed E-state index contributed by atoms with van der Waals surface area (Å²) in [6.07, 6.45) is 1.78. The molecular formula is C15H25NO6. The summed E-state index contributed by atoms with van der Waals surface area (Å²) in [5.74, 6) is -0.607. The van der Waals surface area contributed by atoms with Crippen LogP contribution in [-0.2, 0) is 23.8 Å². The van der Waals surface area contributed by atoms with Crippen LogP contribution in [0.3, 0.4) is 0 Å². The van der Waals surface area contributed by atoms with Gasteiger partial charge in [0.25, 0.3) is 11.8 Å². The van der Waals surface area contributed by atoms with Gasteiger partial charge in [-0.05, 0) is 20.8 Å². The average Bonchev–Trinajstić information content (AvgIpc) is 2.78. The highest BCUT2D eigenvalue weighted by molar-refractivity contribution is 6.12. The molecule has 0 saturated carbocycles. The molecule has 126 valence electrons. The smallest absolute Gasteiger partial charge is 0.253 e. The lowest BCUT2D eigenvalue weighted by molar-refractivity contribution is -0.137. The van der Waals surface area contributed by atoms with Crippen LogP contribution in [0.2, 0.25) is 0 Å². The van der Waals surface area contributed by atoms with Crippen LogP contribution in [0.4, 0.5) is 0 Å². The van der Waals surface area contributed by atoms with Crippen LogP contribution < -0.4 is 0 Å². The predicted molar refractivity (Wildman–Crippen MR) is 79.2 cm³/mol. The van der Waals surface area contributed by atoms with Crippen molar-refractivity contribution >= 4 is 11.8 Å². The summed E-state index contributed by atoms with van der Waals surface area (Å²) < 4.78 is 16.3. The van der Waals surface area contributed by atoms with Gasteiger partial charge in [0.2, 0.25) is 0 Å².